The highest BCUT2D eigenvalue weighted by Crippen LogP contribution is 2.19. The molecule has 0 aliphatic heterocycles. The van der Waals surface area contributed by atoms with Gasteiger partial charge in [-0.05, 0) is 18.4 Å². The molecule has 1 aliphatic carbocycles. The lowest BCUT2D eigenvalue weighted by atomic mass is 9.88. The van der Waals surface area contributed by atoms with Gasteiger partial charge in [-0.2, -0.15) is 0 Å². The van der Waals surface area contributed by atoms with Gasteiger partial charge in [0.1, 0.15) is 0 Å². The molecule has 0 amide bonds. The van der Waals surface area contributed by atoms with E-state index >= 15 is 0 Å². The molecular weight excluding hydrogens is 224 g/mol. The van der Waals surface area contributed by atoms with Crippen LogP contribution in [0, 0.1) is 0 Å². The van der Waals surface area contributed by atoms with E-state index in [4.69, 9.17) is 5.73 Å². The van der Waals surface area contributed by atoms with Crippen LogP contribution in [0.25, 0.3) is 0 Å². The van der Waals surface area contributed by atoms with Crippen molar-refractivity contribution in [3.63, 3.8) is 0 Å². The van der Waals surface area contributed by atoms with E-state index in [-0.39, 0.29) is 17.8 Å². The molecule has 16 heavy (non-hydrogen) atoms. The third-order valence-electron chi connectivity index (χ3n) is 2.86. The third-order valence-corrected chi connectivity index (χ3v) is 4.23. The first kappa shape index (κ1) is 11.6. The second-order valence-corrected chi connectivity index (χ2v) is 5.96. The number of nitrogens with one attached hydrogen (secondary N) is 1. The zero-order valence-electron chi connectivity index (χ0n) is 8.96. The van der Waals surface area contributed by atoms with E-state index in [1.54, 1.807) is 12.1 Å². The van der Waals surface area contributed by atoms with Crippen molar-refractivity contribution in [3.05, 3.63) is 35.9 Å². The molecule has 3 N–H and O–H groups in total. The summed E-state index contributed by atoms with van der Waals surface area (Å²) in [5.41, 5.74) is 6.49. The first-order valence-corrected chi connectivity index (χ1v) is 7.01. The Kier molecular flexibility index (Phi) is 3.28. The van der Waals surface area contributed by atoms with E-state index in [1.807, 2.05) is 18.2 Å². The fraction of sp³-hybridized carbons (Fsp3) is 0.455. The van der Waals surface area contributed by atoms with Gasteiger partial charge in [0.15, 0.2) is 0 Å². The lowest BCUT2D eigenvalue weighted by Gasteiger charge is -2.33. The molecule has 1 aliphatic rings. The monoisotopic (exact) mass is 240 g/mol. The van der Waals surface area contributed by atoms with Crippen molar-refractivity contribution in [1.82, 2.24) is 4.72 Å². The second-order valence-electron chi connectivity index (χ2n) is 4.21. The van der Waals surface area contributed by atoms with Gasteiger partial charge in [-0.15, -0.1) is 0 Å². The molecule has 1 aromatic rings. The van der Waals surface area contributed by atoms with Crippen LogP contribution in [0.3, 0.4) is 0 Å². The molecule has 1 fully saturated rings. The van der Waals surface area contributed by atoms with Crippen molar-refractivity contribution >= 4 is 10.0 Å². The van der Waals surface area contributed by atoms with E-state index in [0.29, 0.717) is 0 Å². The SMILES string of the molecule is N[C@@H]1CC[C@@H]1NS(=O)(=O)Cc1ccccc1. The van der Waals surface area contributed by atoms with Gasteiger partial charge in [-0.1, -0.05) is 30.3 Å². The summed E-state index contributed by atoms with van der Waals surface area (Å²) < 4.78 is 26.2. The van der Waals surface area contributed by atoms with Crippen LogP contribution >= 0.6 is 0 Å². The van der Waals surface area contributed by atoms with Gasteiger partial charge >= 0.3 is 0 Å². The normalized spacial score (nSPS) is 25.1. The zero-order valence-corrected chi connectivity index (χ0v) is 9.78. The van der Waals surface area contributed by atoms with E-state index in [2.05, 4.69) is 4.72 Å². The summed E-state index contributed by atoms with van der Waals surface area (Å²) in [6.07, 6.45) is 1.74. The van der Waals surface area contributed by atoms with Crippen molar-refractivity contribution in [1.29, 1.82) is 0 Å². The second kappa shape index (κ2) is 4.53. The molecule has 0 aromatic heterocycles. The minimum Gasteiger partial charge on any atom is -0.326 e. The minimum atomic E-state index is -3.26. The first-order valence-electron chi connectivity index (χ1n) is 5.36. The lowest BCUT2D eigenvalue weighted by molar-refractivity contribution is 0.321. The summed E-state index contributed by atoms with van der Waals surface area (Å²) >= 11 is 0. The van der Waals surface area contributed by atoms with Crippen molar-refractivity contribution in [2.24, 2.45) is 5.73 Å². The number of hydrogen-bond acceptors (Lipinski definition) is 3. The molecule has 88 valence electrons. The van der Waals surface area contributed by atoms with Crippen LogP contribution in [0.1, 0.15) is 18.4 Å². The maximum absolute atomic E-state index is 11.8. The predicted octanol–water partition coefficient (Wildman–Crippen LogP) is 0.596. The highest BCUT2D eigenvalue weighted by atomic mass is 32.2. The molecule has 4 nitrogen and oxygen atoms in total. The maximum Gasteiger partial charge on any atom is 0.216 e. The van der Waals surface area contributed by atoms with E-state index in [9.17, 15) is 8.42 Å². The summed E-state index contributed by atoms with van der Waals surface area (Å²) in [4.78, 5) is 0. The molecular formula is C11H16N2O2S. The minimum absolute atomic E-state index is 0.0226. The van der Waals surface area contributed by atoms with Crippen LogP contribution in [-0.2, 0) is 15.8 Å². The highest BCUT2D eigenvalue weighted by Gasteiger charge is 2.30. The smallest absolute Gasteiger partial charge is 0.216 e. The summed E-state index contributed by atoms with van der Waals surface area (Å²) in [6.45, 7) is 0. The summed E-state index contributed by atoms with van der Waals surface area (Å²) in [7, 11) is -3.26. The van der Waals surface area contributed by atoms with E-state index in [0.717, 1.165) is 18.4 Å². The fourth-order valence-electron chi connectivity index (χ4n) is 1.74. The number of nitrogens with two attached hydrogens (primary N) is 1. The Morgan fingerprint density at radius 3 is 2.44 bits per heavy atom. The van der Waals surface area contributed by atoms with Crippen LogP contribution in [-0.4, -0.2) is 20.5 Å². The molecule has 5 heteroatoms. The predicted molar refractivity (Wildman–Crippen MR) is 63.2 cm³/mol. The zero-order chi connectivity index (χ0) is 11.6. The van der Waals surface area contributed by atoms with Gasteiger partial charge in [-0.3, -0.25) is 0 Å². The molecule has 0 heterocycles. The Balaban J connectivity index is 1.98. The van der Waals surface area contributed by atoms with Crippen LogP contribution in [0.5, 0.6) is 0 Å². The van der Waals surface area contributed by atoms with Gasteiger partial charge in [0.05, 0.1) is 5.75 Å². The average Bonchev–Trinajstić information content (AvgIpc) is 2.25. The number of hydrogen-bond donors (Lipinski definition) is 2. The quantitative estimate of drug-likeness (QED) is 0.809. The van der Waals surface area contributed by atoms with Crippen molar-refractivity contribution in [2.75, 3.05) is 0 Å². The summed E-state index contributed by atoms with van der Waals surface area (Å²) in [5.74, 6) is 0.0249. The molecule has 1 saturated carbocycles. The molecule has 0 bridgehead atoms. The van der Waals surface area contributed by atoms with Crippen LogP contribution in [0.4, 0.5) is 0 Å². The Hall–Kier alpha value is -0.910. The molecule has 0 radical (unpaired) electrons. The Labute approximate surface area is 95.9 Å². The topological polar surface area (TPSA) is 72.2 Å². The Morgan fingerprint density at radius 2 is 1.94 bits per heavy atom. The molecule has 0 spiro atoms. The number of sulfonamides is 1. The number of rotatable bonds is 4. The first-order chi connectivity index (χ1) is 7.57. The summed E-state index contributed by atoms with van der Waals surface area (Å²) in [6, 6.07) is 9.05. The fourth-order valence-corrected chi connectivity index (χ4v) is 3.21. The van der Waals surface area contributed by atoms with Crippen LogP contribution < -0.4 is 10.5 Å². The highest BCUT2D eigenvalue weighted by molar-refractivity contribution is 7.88. The van der Waals surface area contributed by atoms with Gasteiger partial charge in [-0.25, -0.2) is 13.1 Å². The van der Waals surface area contributed by atoms with Crippen LogP contribution in [0.2, 0.25) is 0 Å². The molecule has 0 saturated heterocycles. The van der Waals surface area contributed by atoms with Crippen molar-refractivity contribution in [2.45, 2.75) is 30.7 Å². The molecule has 2 rings (SSSR count). The maximum atomic E-state index is 11.8. The van der Waals surface area contributed by atoms with Crippen molar-refractivity contribution < 1.29 is 8.42 Å². The lowest BCUT2D eigenvalue weighted by Crippen LogP contribution is -2.54. The van der Waals surface area contributed by atoms with E-state index in [1.165, 1.54) is 0 Å². The number of benzene rings is 1. The molecule has 1 aromatic carbocycles. The van der Waals surface area contributed by atoms with E-state index < -0.39 is 10.0 Å². The molecule has 2 atom stereocenters. The third kappa shape index (κ3) is 2.81. The van der Waals surface area contributed by atoms with Gasteiger partial charge in [0, 0.05) is 12.1 Å². The largest absolute Gasteiger partial charge is 0.326 e. The molecule has 0 unspecified atom stereocenters. The van der Waals surface area contributed by atoms with Gasteiger partial charge in [0.25, 0.3) is 0 Å². The van der Waals surface area contributed by atoms with Gasteiger partial charge < -0.3 is 5.73 Å². The van der Waals surface area contributed by atoms with Crippen molar-refractivity contribution in [3.8, 4) is 0 Å². The summed E-state index contributed by atoms with van der Waals surface area (Å²) in [5, 5.41) is 0. The van der Waals surface area contributed by atoms with Crippen LogP contribution in [0.15, 0.2) is 30.3 Å². The Morgan fingerprint density at radius 1 is 1.25 bits per heavy atom. The van der Waals surface area contributed by atoms with Gasteiger partial charge in [0.2, 0.25) is 10.0 Å². The Bertz CT molecular complexity index is 444. The average molecular weight is 240 g/mol. The standard InChI is InChI=1S/C11H16N2O2S/c12-10-6-7-11(10)13-16(14,15)8-9-4-2-1-3-5-9/h1-5,10-11,13H,6-8,12H2/t10-,11+/m1/s1.